The number of benzene rings is 1. The molecule has 0 aliphatic carbocycles. The predicted molar refractivity (Wildman–Crippen MR) is 106 cm³/mol. The van der Waals surface area contributed by atoms with E-state index in [2.05, 4.69) is 14.7 Å². The summed E-state index contributed by atoms with van der Waals surface area (Å²) in [5.74, 6) is -1.79. The van der Waals surface area contributed by atoms with Crippen molar-refractivity contribution in [3.05, 3.63) is 18.2 Å². The molecule has 3 aliphatic heterocycles. The fraction of sp³-hybridized carbons (Fsp3) is 0.471. The number of carbonyl (C=O) groups excluding carboxylic acids is 1. The highest BCUT2D eigenvalue weighted by Crippen LogP contribution is 2.48. The number of amidine groups is 1. The number of ether oxygens (including phenoxy) is 2. The second kappa shape index (κ2) is 7.38. The lowest BCUT2D eigenvalue weighted by Gasteiger charge is -2.39. The Hall–Kier alpha value is -2.32. The Bertz CT molecular complexity index is 1100. The van der Waals surface area contributed by atoms with E-state index in [1.165, 1.54) is 23.1 Å². The van der Waals surface area contributed by atoms with Crippen LogP contribution in [0.2, 0.25) is 0 Å². The smallest absolute Gasteiger partial charge is 0.446 e. The first kappa shape index (κ1) is 21.9. The number of esters is 1. The normalized spacial score (nSPS) is 23.6. The maximum absolute atomic E-state index is 14.1. The van der Waals surface area contributed by atoms with Crippen molar-refractivity contribution in [1.29, 1.82) is 0 Å². The van der Waals surface area contributed by atoms with E-state index in [9.17, 15) is 26.4 Å². The second-order valence-electron chi connectivity index (χ2n) is 6.91. The molecule has 4 rings (SSSR count). The van der Waals surface area contributed by atoms with Crippen LogP contribution in [-0.2, 0) is 24.1 Å². The third kappa shape index (κ3) is 3.55. The van der Waals surface area contributed by atoms with E-state index < -0.39 is 27.6 Å². The summed E-state index contributed by atoms with van der Waals surface area (Å²) in [5, 5.41) is -0.153. The molecule has 1 saturated heterocycles. The summed E-state index contributed by atoms with van der Waals surface area (Å²) < 4.78 is 75.9. The molecule has 0 saturated carbocycles. The molecular weight excluding hydrogens is 461 g/mol. The largest absolute Gasteiger partial charge is 0.465 e. The van der Waals surface area contributed by atoms with Crippen LogP contribution in [0.5, 0.6) is 0 Å². The number of hydrogen-bond acceptors (Lipinski definition) is 10. The molecule has 0 aromatic heterocycles. The first-order valence-electron chi connectivity index (χ1n) is 8.97. The summed E-state index contributed by atoms with van der Waals surface area (Å²) >= 11 is 0.829. The van der Waals surface area contributed by atoms with E-state index in [4.69, 9.17) is 4.74 Å². The molecule has 168 valence electrons. The zero-order valence-corrected chi connectivity index (χ0v) is 18.0. The fourth-order valence-electron chi connectivity index (χ4n) is 3.31. The molecule has 0 radical (unpaired) electrons. The predicted octanol–water partition coefficient (Wildman–Crippen LogP) is 1.49. The Morgan fingerprint density at radius 2 is 1.94 bits per heavy atom. The Balaban J connectivity index is 1.91. The van der Waals surface area contributed by atoms with Crippen LogP contribution in [0.3, 0.4) is 0 Å². The number of sulfone groups is 1. The summed E-state index contributed by atoms with van der Waals surface area (Å²) in [4.78, 5) is 23.1. The number of rotatable bonds is 2. The number of fused-ring (bicyclic) bond motifs is 3. The van der Waals surface area contributed by atoms with Crippen molar-refractivity contribution >= 4 is 44.4 Å². The number of alkyl halides is 3. The van der Waals surface area contributed by atoms with Gasteiger partial charge in [-0.1, -0.05) is 0 Å². The summed E-state index contributed by atoms with van der Waals surface area (Å²) in [7, 11) is -2.70. The molecule has 0 amide bonds. The summed E-state index contributed by atoms with van der Waals surface area (Å²) in [6, 6.07) is 4.21. The molecular formula is C17H17F3N4O5S2. The highest BCUT2D eigenvalue weighted by molar-refractivity contribution is 8.15. The molecule has 3 aliphatic rings. The summed E-state index contributed by atoms with van der Waals surface area (Å²) in [6.45, 7) is 1.03. The van der Waals surface area contributed by atoms with Gasteiger partial charge >= 0.3 is 17.8 Å². The average molecular weight is 478 g/mol. The lowest BCUT2D eigenvalue weighted by atomic mass is 10.1. The molecule has 9 nitrogen and oxygen atoms in total. The van der Waals surface area contributed by atoms with Gasteiger partial charge in [0.25, 0.3) is 0 Å². The van der Waals surface area contributed by atoms with Gasteiger partial charge in [-0.15, -0.1) is 0 Å². The zero-order chi connectivity index (χ0) is 22.6. The second-order valence-corrected chi connectivity index (χ2v) is 9.93. The Kier molecular flexibility index (Phi) is 5.21. The Morgan fingerprint density at radius 3 is 2.52 bits per heavy atom. The topological polar surface area (TPSA) is 101 Å². The quantitative estimate of drug-likeness (QED) is 0.590. The maximum atomic E-state index is 14.1. The first-order valence-corrected chi connectivity index (χ1v) is 11.7. The number of aliphatic imine (C=N–C) groups is 2. The number of thioether (sulfide) groups is 1. The first-order chi connectivity index (χ1) is 14.5. The van der Waals surface area contributed by atoms with Gasteiger partial charge < -0.3 is 14.4 Å². The van der Waals surface area contributed by atoms with Gasteiger partial charge in [0, 0.05) is 24.2 Å². The highest BCUT2D eigenvalue weighted by atomic mass is 32.2. The van der Waals surface area contributed by atoms with E-state index >= 15 is 0 Å². The molecule has 0 N–H and O–H groups in total. The minimum absolute atomic E-state index is 0.0131. The Morgan fingerprint density at radius 1 is 1.26 bits per heavy atom. The van der Waals surface area contributed by atoms with E-state index in [1.807, 2.05) is 0 Å². The van der Waals surface area contributed by atoms with Crippen molar-refractivity contribution in [3.63, 3.8) is 0 Å². The minimum atomic E-state index is -5.16. The number of carbonyl (C=O) groups is 1. The minimum Gasteiger partial charge on any atom is -0.465 e. The molecule has 1 aromatic rings. The zero-order valence-electron chi connectivity index (χ0n) is 16.3. The maximum Gasteiger partial charge on any atom is 0.446 e. The molecule has 0 spiro atoms. The third-order valence-corrected chi connectivity index (χ3v) is 6.98. The van der Waals surface area contributed by atoms with Crippen LogP contribution >= 0.6 is 11.8 Å². The monoisotopic (exact) mass is 478 g/mol. The SMILES string of the molecule is COC(=O)C1(C(F)(F)F)N=C2Sc3cc(S(C)(=O)=O)ccc3N2C(N2CCOCC2)=N1. The van der Waals surface area contributed by atoms with Crippen molar-refractivity contribution in [1.82, 2.24) is 4.90 Å². The highest BCUT2D eigenvalue weighted by Gasteiger charge is 2.66. The van der Waals surface area contributed by atoms with E-state index in [0.29, 0.717) is 10.6 Å². The van der Waals surface area contributed by atoms with Crippen LogP contribution in [0.15, 0.2) is 38.0 Å². The van der Waals surface area contributed by atoms with Crippen molar-refractivity contribution < 1.29 is 35.9 Å². The number of hydrogen-bond donors (Lipinski definition) is 0. The van der Waals surface area contributed by atoms with E-state index in [-0.39, 0.29) is 42.3 Å². The summed E-state index contributed by atoms with van der Waals surface area (Å²) in [6.07, 6.45) is -4.13. The van der Waals surface area contributed by atoms with Crippen molar-refractivity contribution in [2.75, 3.05) is 44.6 Å². The van der Waals surface area contributed by atoms with Crippen molar-refractivity contribution in [2.45, 2.75) is 21.6 Å². The lowest BCUT2D eigenvalue weighted by molar-refractivity contribution is -0.201. The molecule has 1 fully saturated rings. The van der Waals surface area contributed by atoms with Crippen LogP contribution in [0.4, 0.5) is 18.9 Å². The molecule has 1 atom stereocenters. The van der Waals surface area contributed by atoms with E-state index in [0.717, 1.165) is 25.1 Å². The van der Waals surface area contributed by atoms with Gasteiger partial charge in [-0.2, -0.15) is 13.2 Å². The number of nitrogens with zero attached hydrogens (tertiary/aromatic N) is 4. The van der Waals surface area contributed by atoms with Crippen molar-refractivity contribution in [3.8, 4) is 0 Å². The number of morpholine rings is 1. The molecule has 31 heavy (non-hydrogen) atoms. The van der Waals surface area contributed by atoms with Gasteiger partial charge in [-0.25, -0.2) is 23.2 Å². The van der Waals surface area contributed by atoms with Crippen LogP contribution in [-0.4, -0.2) is 81.9 Å². The van der Waals surface area contributed by atoms with Crippen LogP contribution < -0.4 is 4.90 Å². The number of guanidine groups is 1. The van der Waals surface area contributed by atoms with Gasteiger partial charge in [0.15, 0.2) is 15.0 Å². The molecule has 1 unspecified atom stereocenters. The standard InChI is InChI=1S/C17H17F3N4O5S2/c1-28-13(25)16(17(18,19)20)21-14(23-5-7-29-8-6-23)24-11-4-3-10(31(2,26)27)9-12(11)30-15(24)22-16/h3-4,9H,5-8H2,1-2H3. The van der Waals surface area contributed by atoms with Gasteiger partial charge in [-0.3, -0.25) is 4.90 Å². The number of methoxy groups -OCH3 is 1. The molecule has 1 aromatic carbocycles. The van der Waals surface area contributed by atoms with Crippen LogP contribution in [0, 0.1) is 0 Å². The van der Waals surface area contributed by atoms with Gasteiger partial charge in [-0.05, 0) is 30.0 Å². The molecule has 3 heterocycles. The molecule has 0 bridgehead atoms. The van der Waals surface area contributed by atoms with Crippen LogP contribution in [0.25, 0.3) is 0 Å². The Labute approximate surface area is 179 Å². The van der Waals surface area contributed by atoms with Gasteiger partial charge in [0.05, 0.1) is 30.9 Å². The van der Waals surface area contributed by atoms with Gasteiger partial charge in [0.2, 0.25) is 5.96 Å². The van der Waals surface area contributed by atoms with E-state index in [1.54, 1.807) is 4.90 Å². The summed E-state index contributed by atoms with van der Waals surface area (Å²) in [5.41, 5.74) is -3.04. The average Bonchev–Trinajstić information content (AvgIpc) is 3.09. The number of anilines is 1. The number of halogens is 3. The fourth-order valence-corrected chi connectivity index (χ4v) is 5.13. The van der Waals surface area contributed by atoms with Crippen molar-refractivity contribution in [2.24, 2.45) is 9.98 Å². The third-order valence-electron chi connectivity index (χ3n) is 4.87. The molecule has 14 heteroatoms. The van der Waals surface area contributed by atoms with Crippen LogP contribution in [0.1, 0.15) is 0 Å². The lowest BCUT2D eigenvalue weighted by Crippen LogP contribution is -2.59. The van der Waals surface area contributed by atoms with Gasteiger partial charge in [0.1, 0.15) is 0 Å².